The van der Waals surface area contributed by atoms with Crippen molar-refractivity contribution in [2.75, 3.05) is 0 Å². The van der Waals surface area contributed by atoms with Crippen LogP contribution in [-0.2, 0) is 49.9 Å². The van der Waals surface area contributed by atoms with Crippen LogP contribution < -0.4 is 18.3 Å². The van der Waals surface area contributed by atoms with Crippen LogP contribution in [-0.4, -0.2) is 0 Å². The molecule has 0 radical (unpaired) electrons. The van der Waals surface area contributed by atoms with Gasteiger partial charge in [-0.3, -0.25) is 0 Å². The monoisotopic (exact) mass is 1870 g/mol. The fraction of sp³-hybridized carbons (Fsp3) is 0.313. The molecule has 0 saturated heterocycles. The van der Waals surface area contributed by atoms with Gasteiger partial charge < -0.3 is 17.7 Å². The molecule has 8 heteroatoms. The van der Waals surface area contributed by atoms with Crippen LogP contribution in [0.4, 0.5) is 0 Å². The number of rotatable bonds is 14. The molecule has 25 rings (SSSR count). The van der Waals surface area contributed by atoms with Crippen molar-refractivity contribution in [3.8, 4) is 89.5 Å². The molecule has 0 amide bonds. The summed E-state index contributed by atoms with van der Waals surface area (Å²) in [5.74, 6) is 3.10. The highest BCUT2D eigenvalue weighted by atomic mass is 16.3. The lowest BCUT2D eigenvalue weighted by atomic mass is 9.68. The molecule has 714 valence electrons. The normalized spacial score (nSPS) is 14.7. The Bertz CT molecular complexity index is 8460. The van der Waals surface area contributed by atoms with Crippen molar-refractivity contribution in [1.82, 2.24) is 0 Å². The highest BCUT2D eigenvalue weighted by Crippen LogP contribution is 2.62. The predicted octanol–water partition coefficient (Wildman–Crippen LogP) is 34.6. The second-order valence-corrected chi connectivity index (χ2v) is 45.1. The maximum atomic E-state index is 6.83. The Morgan fingerprint density at radius 3 is 0.908 bits per heavy atom. The van der Waals surface area contributed by atoms with Crippen LogP contribution in [0.3, 0.4) is 0 Å². The van der Waals surface area contributed by atoms with Crippen molar-refractivity contribution in [3.63, 3.8) is 0 Å². The smallest absolute Gasteiger partial charge is 0.216 e. The van der Waals surface area contributed by atoms with Gasteiger partial charge in [-0.05, 0) is 284 Å². The van der Waals surface area contributed by atoms with Crippen LogP contribution >= 0.6 is 0 Å². The number of hydrogen-bond donors (Lipinski definition) is 0. The summed E-state index contributed by atoms with van der Waals surface area (Å²) in [6, 6.07) is 91.2. The number of furan rings is 4. The maximum absolute atomic E-state index is 6.83. The van der Waals surface area contributed by atoms with E-state index in [0.29, 0.717) is 35.5 Å². The first-order valence-electron chi connectivity index (χ1n) is 52.7. The van der Waals surface area contributed by atoms with E-state index in [1.54, 1.807) is 0 Å². The highest BCUT2D eigenvalue weighted by molar-refractivity contribution is 6.16. The van der Waals surface area contributed by atoms with Gasteiger partial charge in [-0.2, -0.15) is 0 Å². The van der Waals surface area contributed by atoms with Crippen LogP contribution in [0.5, 0.6) is 0 Å². The van der Waals surface area contributed by atoms with Crippen molar-refractivity contribution >= 4 is 87.8 Å². The topological polar surface area (TPSA) is 68.1 Å². The molecular weight excluding hydrogens is 1730 g/mol. The van der Waals surface area contributed by atoms with Gasteiger partial charge in [-0.1, -0.05) is 269 Å². The molecule has 8 aromatic heterocycles. The predicted molar refractivity (Wildman–Crippen MR) is 591 cm³/mol. The molecule has 0 N–H and O–H groups in total. The van der Waals surface area contributed by atoms with Crippen molar-refractivity contribution in [3.05, 3.63) is 356 Å². The molecule has 1 saturated carbocycles. The third kappa shape index (κ3) is 14.7. The summed E-state index contributed by atoms with van der Waals surface area (Å²) in [4.78, 5) is 0. The molecule has 0 aliphatic heterocycles. The van der Waals surface area contributed by atoms with Crippen molar-refractivity contribution in [2.24, 2.45) is 40.0 Å². The highest BCUT2D eigenvalue weighted by Gasteiger charge is 2.48. The molecule has 0 unspecified atom stereocenters. The van der Waals surface area contributed by atoms with Gasteiger partial charge in [-0.15, -0.1) is 0 Å². The zero-order chi connectivity index (χ0) is 99.1. The number of nitrogens with zero attached hydrogens (tertiary/aromatic N) is 4. The molecular formula is C134H138N4O4+4. The van der Waals surface area contributed by atoms with Crippen LogP contribution in [0.1, 0.15) is 275 Å². The fourth-order valence-electron chi connectivity index (χ4n) is 26.3. The SMILES string of the molecule is CCC1(CC)c2ccccc2-c2cc3c(cc21)oc1c(-c2cc(C(C)C)cc[n+]2C)c(C)ccc13.Cc1ccc2c(oc3cc4c(cc32)-c2ccccc2C4(C)C)c1-c1cc(C(C)C)cc[n+]1C.Cc1ccc2c(oc3cc4c(cc32)C(CC(C)C)(CC(C)C)c2ccccc2-4)c1-c1cc(C(C)C)cc[n+]1C.Cc1ccc2c(oc3cc4c(cc32)C2(CCCC2)c2ccccc2-4)c1-c1cc(C(C)C)cc[n+]1C. The second kappa shape index (κ2) is 35.2. The van der Waals surface area contributed by atoms with Gasteiger partial charge in [0.2, 0.25) is 22.8 Å². The molecule has 5 aliphatic carbocycles. The van der Waals surface area contributed by atoms with E-state index >= 15 is 0 Å². The number of fused-ring (bicyclic) bond motifs is 26. The lowest BCUT2D eigenvalue weighted by Crippen LogP contribution is -2.31. The first kappa shape index (κ1) is 93.4. The van der Waals surface area contributed by atoms with Crippen molar-refractivity contribution < 1.29 is 35.9 Å². The summed E-state index contributed by atoms with van der Waals surface area (Å²) in [5.41, 5.74) is 50.7. The lowest BCUT2D eigenvalue weighted by Gasteiger charge is -2.35. The zero-order valence-corrected chi connectivity index (χ0v) is 87.9. The molecule has 5 aliphatic rings. The summed E-state index contributed by atoms with van der Waals surface area (Å²) in [5, 5.41) is 9.70. The molecule has 20 aromatic rings. The number of aryl methyl sites for hydroxylation is 8. The standard InChI is InChI=1S/C37H42NO.C33H32NO.C33H34NO.C31H30NO/c1-22(2)20-37(21-23(3)4)31-12-10-9-11-27(31)29-19-34-30(18-32(29)37)28-14-13-25(7)35(36(28)39-34)33-17-26(24(5)6)15-16-38(33)8;1-20(2)22-13-16-34(4)29(17-22)31-21(3)11-12-24-26-18-28-25(19-30(26)35-32(24)31)23-9-5-6-10-27(23)33(28)14-7-8-15-33;1-7-33(8-2)27-12-10-9-11-23(27)25-18-26-24-14-13-21(5)31(32(24)35-30(26)19-28(25)33)29-17-22(20(3)4)15-16-34(29)6;1-18(2)20-13-14-32(6)27(15-20)29-19(3)11-12-22-24-16-23-21-9-7-8-10-25(21)31(4,5)26(23)17-28(24)33-30(22)29/h9-19,22-24H,20-21H2,1-8H3;5-6,9-13,16-20H,7-8,14-15H2,1-4H3;9-20H,7-8H2,1-6H3;7-18H,1-6H3/q4*+1. The second-order valence-electron chi connectivity index (χ2n) is 45.1. The molecule has 1 fully saturated rings. The minimum Gasteiger partial charge on any atom is -0.455 e. The Morgan fingerprint density at radius 1 is 0.268 bits per heavy atom. The third-order valence-corrected chi connectivity index (χ3v) is 33.8. The van der Waals surface area contributed by atoms with E-state index in [0.717, 1.165) is 70.3 Å². The van der Waals surface area contributed by atoms with Gasteiger partial charge in [0.1, 0.15) is 72.9 Å². The van der Waals surface area contributed by atoms with Gasteiger partial charge >= 0.3 is 0 Å². The molecule has 8 nitrogen and oxygen atoms in total. The largest absolute Gasteiger partial charge is 0.455 e. The van der Waals surface area contributed by atoms with E-state index in [-0.39, 0.29) is 21.7 Å². The molecule has 12 aromatic carbocycles. The van der Waals surface area contributed by atoms with Gasteiger partial charge in [0.25, 0.3) is 0 Å². The van der Waals surface area contributed by atoms with Gasteiger partial charge in [-0.25, -0.2) is 18.3 Å². The fourth-order valence-corrected chi connectivity index (χ4v) is 26.3. The number of hydrogen-bond acceptors (Lipinski definition) is 4. The van der Waals surface area contributed by atoms with E-state index in [1.807, 2.05) is 0 Å². The molecule has 1 spiro atoms. The third-order valence-electron chi connectivity index (χ3n) is 33.8. The van der Waals surface area contributed by atoms with E-state index < -0.39 is 0 Å². The van der Waals surface area contributed by atoms with Crippen LogP contribution in [0.25, 0.3) is 177 Å². The van der Waals surface area contributed by atoms with Gasteiger partial charge in [0, 0.05) is 113 Å². The summed E-state index contributed by atoms with van der Waals surface area (Å²) >= 11 is 0. The summed E-state index contributed by atoms with van der Waals surface area (Å²) in [7, 11) is 8.52. The zero-order valence-electron chi connectivity index (χ0n) is 87.9. The Morgan fingerprint density at radius 2 is 0.549 bits per heavy atom. The number of aromatic nitrogens is 4. The van der Waals surface area contributed by atoms with Crippen molar-refractivity contribution in [1.29, 1.82) is 0 Å². The number of pyridine rings is 4. The Labute approximate surface area is 839 Å². The minimum atomic E-state index is -0.0319. The first-order chi connectivity index (χ1) is 68.2. The molecule has 142 heavy (non-hydrogen) atoms. The van der Waals surface area contributed by atoms with Gasteiger partial charge in [0.15, 0.2) is 24.8 Å². The lowest BCUT2D eigenvalue weighted by molar-refractivity contribution is -0.660. The average molecular weight is 1870 g/mol. The average Bonchev–Trinajstić information content (AvgIpc) is 1.55. The summed E-state index contributed by atoms with van der Waals surface area (Å²) in [6.45, 7) is 45.6. The molecule has 0 atom stereocenters. The van der Waals surface area contributed by atoms with E-state index in [2.05, 4.69) is 452 Å². The van der Waals surface area contributed by atoms with Crippen LogP contribution in [0, 0.1) is 39.5 Å². The van der Waals surface area contributed by atoms with Gasteiger partial charge in [0.05, 0.1) is 22.3 Å². The van der Waals surface area contributed by atoms with Crippen LogP contribution in [0.2, 0.25) is 0 Å². The van der Waals surface area contributed by atoms with E-state index in [1.165, 1.54) is 247 Å². The Kier molecular flexibility index (Phi) is 23.2. The Hall–Kier alpha value is -13.6. The summed E-state index contributed by atoms with van der Waals surface area (Å²) < 4.78 is 35.9. The molecule has 0 bridgehead atoms. The molecule has 8 heterocycles. The Balaban J connectivity index is 0.000000109. The minimum absolute atomic E-state index is 0.0254. The quantitative estimate of drug-likeness (QED) is 0.102. The van der Waals surface area contributed by atoms with Crippen LogP contribution in [0.15, 0.2) is 285 Å². The van der Waals surface area contributed by atoms with E-state index in [4.69, 9.17) is 17.7 Å². The number of benzene rings is 12. The first-order valence-corrected chi connectivity index (χ1v) is 52.7. The summed E-state index contributed by atoms with van der Waals surface area (Å²) in [6.07, 6.45) is 18.3. The van der Waals surface area contributed by atoms with E-state index in [9.17, 15) is 0 Å². The maximum Gasteiger partial charge on any atom is 0.216 e. The van der Waals surface area contributed by atoms with Crippen molar-refractivity contribution in [2.45, 2.75) is 235 Å².